The molecule has 0 heterocycles. The molecule has 18 heavy (non-hydrogen) atoms. The fraction of sp³-hybridized carbons (Fsp3) is 0.455. The highest BCUT2D eigenvalue weighted by Gasteiger charge is 2.23. The number of phenols is 1. The summed E-state index contributed by atoms with van der Waals surface area (Å²) in [6, 6.07) is 1.78. The molecule has 0 aliphatic heterocycles. The maximum absolute atomic E-state index is 13.1. The van der Waals surface area contributed by atoms with Crippen molar-refractivity contribution >= 4 is 27.3 Å². The average molecular weight is 296 g/mol. The molecule has 1 aromatic rings. The van der Waals surface area contributed by atoms with Crippen molar-refractivity contribution in [3.8, 4) is 5.75 Å². The number of halogens is 2. The van der Waals surface area contributed by atoms with Crippen LogP contribution < -0.4 is 4.72 Å². The quantitative estimate of drug-likeness (QED) is 0.843. The van der Waals surface area contributed by atoms with Gasteiger partial charge in [-0.1, -0.05) is 32.4 Å². The van der Waals surface area contributed by atoms with Gasteiger partial charge in [-0.15, -0.1) is 0 Å². The van der Waals surface area contributed by atoms with E-state index in [4.69, 9.17) is 11.6 Å². The molecule has 4 nitrogen and oxygen atoms in total. The van der Waals surface area contributed by atoms with E-state index < -0.39 is 27.0 Å². The fourth-order valence-corrected chi connectivity index (χ4v) is 3.33. The van der Waals surface area contributed by atoms with Gasteiger partial charge in [0.1, 0.15) is 5.82 Å². The zero-order valence-electron chi connectivity index (χ0n) is 10.3. The van der Waals surface area contributed by atoms with E-state index in [1.54, 1.807) is 20.8 Å². The summed E-state index contributed by atoms with van der Waals surface area (Å²) < 4.78 is 38.8. The number of anilines is 1. The van der Waals surface area contributed by atoms with E-state index in [1.165, 1.54) is 0 Å². The van der Waals surface area contributed by atoms with Gasteiger partial charge in [-0.2, -0.15) is 0 Å². The predicted molar refractivity (Wildman–Crippen MR) is 69.9 cm³/mol. The first-order valence-electron chi connectivity index (χ1n) is 5.19. The second kappa shape index (κ2) is 4.93. The molecule has 7 heteroatoms. The second-order valence-corrected chi connectivity index (χ2v) is 7.34. The van der Waals surface area contributed by atoms with E-state index in [0.717, 1.165) is 12.1 Å². The molecule has 1 rings (SSSR count). The number of hydrogen-bond acceptors (Lipinski definition) is 3. The first-order chi connectivity index (χ1) is 8.00. The van der Waals surface area contributed by atoms with Crippen LogP contribution in [0.15, 0.2) is 12.1 Å². The lowest BCUT2D eigenvalue weighted by atomic mass is 10.0. The zero-order chi connectivity index (χ0) is 14.1. The number of phenolic OH excluding ortho intramolecular Hbond substituents is 1. The Morgan fingerprint density at radius 1 is 1.39 bits per heavy atom. The molecule has 2 N–H and O–H groups in total. The molecule has 0 spiro atoms. The lowest BCUT2D eigenvalue weighted by Gasteiger charge is -2.19. The van der Waals surface area contributed by atoms with Crippen LogP contribution in [0.5, 0.6) is 5.75 Å². The molecule has 0 saturated carbocycles. The van der Waals surface area contributed by atoms with E-state index in [2.05, 4.69) is 4.72 Å². The third-order valence-electron chi connectivity index (χ3n) is 1.92. The fourth-order valence-electron chi connectivity index (χ4n) is 1.42. The predicted octanol–water partition coefficient (Wildman–Crippen LogP) is 2.97. The first kappa shape index (κ1) is 15.0. The zero-order valence-corrected chi connectivity index (χ0v) is 11.9. The van der Waals surface area contributed by atoms with Gasteiger partial charge in [-0.05, 0) is 11.5 Å². The Hall–Kier alpha value is -1.01. The summed E-state index contributed by atoms with van der Waals surface area (Å²) in [4.78, 5) is 0. The maximum Gasteiger partial charge on any atom is 0.233 e. The normalized spacial score (nSPS) is 12.5. The molecular formula is C11H15ClFNO3S. The van der Waals surface area contributed by atoms with Crippen molar-refractivity contribution in [2.75, 3.05) is 10.5 Å². The summed E-state index contributed by atoms with van der Waals surface area (Å²) >= 11 is 5.56. The van der Waals surface area contributed by atoms with Gasteiger partial charge in [0.25, 0.3) is 0 Å². The molecular weight excluding hydrogens is 281 g/mol. The van der Waals surface area contributed by atoms with Crippen molar-refractivity contribution < 1.29 is 17.9 Å². The Morgan fingerprint density at radius 2 is 1.94 bits per heavy atom. The Labute approximate surface area is 111 Å². The molecule has 0 atom stereocenters. The molecule has 0 aliphatic carbocycles. The number of aromatic hydroxyl groups is 1. The van der Waals surface area contributed by atoms with Crippen LogP contribution in [-0.2, 0) is 10.0 Å². The summed E-state index contributed by atoms with van der Waals surface area (Å²) in [5.41, 5.74) is -0.720. The SMILES string of the molecule is CC(C)(C)CS(=O)(=O)Nc1cc(F)cc(Cl)c1O. The van der Waals surface area contributed by atoms with Gasteiger partial charge in [-0.25, -0.2) is 12.8 Å². The van der Waals surface area contributed by atoms with Crippen molar-refractivity contribution in [3.63, 3.8) is 0 Å². The van der Waals surface area contributed by atoms with E-state index >= 15 is 0 Å². The number of sulfonamides is 1. The van der Waals surface area contributed by atoms with Crippen molar-refractivity contribution in [3.05, 3.63) is 23.0 Å². The Kier molecular flexibility index (Phi) is 4.12. The van der Waals surface area contributed by atoms with E-state index in [9.17, 15) is 17.9 Å². The van der Waals surface area contributed by atoms with Gasteiger partial charge in [0.15, 0.2) is 5.75 Å². The number of rotatable bonds is 3. The summed E-state index contributed by atoms with van der Waals surface area (Å²) in [6.07, 6.45) is 0. The average Bonchev–Trinajstić information content (AvgIpc) is 2.08. The molecule has 0 radical (unpaired) electrons. The summed E-state index contributed by atoms with van der Waals surface area (Å²) in [5, 5.41) is 9.31. The Bertz CT molecular complexity index is 552. The van der Waals surface area contributed by atoms with Crippen molar-refractivity contribution in [1.82, 2.24) is 0 Å². The topological polar surface area (TPSA) is 66.4 Å². The monoisotopic (exact) mass is 295 g/mol. The molecule has 0 unspecified atom stereocenters. The minimum atomic E-state index is -3.68. The van der Waals surface area contributed by atoms with Crippen molar-refractivity contribution in [2.24, 2.45) is 5.41 Å². The van der Waals surface area contributed by atoms with Gasteiger partial charge >= 0.3 is 0 Å². The van der Waals surface area contributed by atoms with Crippen molar-refractivity contribution in [2.45, 2.75) is 20.8 Å². The van der Waals surface area contributed by atoms with Gasteiger partial charge < -0.3 is 5.11 Å². The van der Waals surface area contributed by atoms with Crippen LogP contribution in [0.25, 0.3) is 0 Å². The van der Waals surface area contributed by atoms with Crippen molar-refractivity contribution in [1.29, 1.82) is 0 Å². The molecule has 0 amide bonds. The van der Waals surface area contributed by atoms with Crippen LogP contribution in [0.4, 0.5) is 10.1 Å². The standard InChI is InChI=1S/C11H15ClFNO3S/c1-11(2,3)6-18(16,17)14-9-5-7(13)4-8(12)10(9)15/h4-5,14-15H,6H2,1-3H3. The molecule has 0 bridgehead atoms. The van der Waals surface area contributed by atoms with Crippen LogP contribution in [0.3, 0.4) is 0 Å². The molecule has 1 aromatic carbocycles. The van der Waals surface area contributed by atoms with Crippen LogP contribution in [0.2, 0.25) is 5.02 Å². The largest absolute Gasteiger partial charge is 0.504 e. The van der Waals surface area contributed by atoms with E-state index in [-0.39, 0.29) is 16.5 Å². The molecule has 102 valence electrons. The second-order valence-electron chi connectivity index (χ2n) is 5.21. The smallest absolute Gasteiger partial charge is 0.233 e. The summed E-state index contributed by atoms with van der Waals surface area (Å²) in [6.45, 7) is 5.26. The van der Waals surface area contributed by atoms with Gasteiger partial charge in [0, 0.05) is 6.07 Å². The Morgan fingerprint density at radius 3 is 2.44 bits per heavy atom. The summed E-state index contributed by atoms with van der Waals surface area (Å²) in [5.74, 6) is -1.38. The maximum atomic E-state index is 13.1. The number of hydrogen-bond donors (Lipinski definition) is 2. The molecule has 0 aliphatic rings. The van der Waals surface area contributed by atoms with E-state index in [0.29, 0.717) is 0 Å². The highest BCUT2D eigenvalue weighted by atomic mass is 35.5. The van der Waals surface area contributed by atoms with Crippen LogP contribution in [0.1, 0.15) is 20.8 Å². The van der Waals surface area contributed by atoms with Crippen LogP contribution >= 0.6 is 11.6 Å². The first-order valence-corrected chi connectivity index (χ1v) is 7.22. The molecule has 0 saturated heterocycles. The lowest BCUT2D eigenvalue weighted by Crippen LogP contribution is -2.26. The van der Waals surface area contributed by atoms with Gasteiger partial charge in [0.05, 0.1) is 16.5 Å². The summed E-state index contributed by atoms with van der Waals surface area (Å²) in [7, 11) is -3.68. The highest BCUT2D eigenvalue weighted by molar-refractivity contribution is 7.92. The van der Waals surface area contributed by atoms with E-state index in [1.807, 2.05) is 0 Å². The number of benzene rings is 1. The van der Waals surface area contributed by atoms with Crippen LogP contribution in [-0.4, -0.2) is 19.3 Å². The highest BCUT2D eigenvalue weighted by Crippen LogP contribution is 2.33. The van der Waals surface area contributed by atoms with Gasteiger partial charge in [-0.3, -0.25) is 4.72 Å². The minimum Gasteiger partial charge on any atom is -0.504 e. The number of nitrogens with one attached hydrogen (secondary N) is 1. The third-order valence-corrected chi connectivity index (χ3v) is 3.98. The Balaban J connectivity index is 3.05. The van der Waals surface area contributed by atoms with Crippen LogP contribution in [0, 0.1) is 11.2 Å². The molecule has 0 fully saturated rings. The van der Waals surface area contributed by atoms with Gasteiger partial charge in [0.2, 0.25) is 10.0 Å². The lowest BCUT2D eigenvalue weighted by molar-refractivity contribution is 0.462. The molecule has 0 aromatic heterocycles. The minimum absolute atomic E-state index is 0.159. The third kappa shape index (κ3) is 4.34.